The number of hydrogen-bond donors (Lipinski definition) is 1. The Hall–Kier alpha value is -3.41. The van der Waals surface area contributed by atoms with Gasteiger partial charge in [0, 0.05) is 24.8 Å². The highest BCUT2D eigenvalue weighted by molar-refractivity contribution is 7.91. The number of rotatable bonds is 7. The Morgan fingerprint density at radius 2 is 1.82 bits per heavy atom. The minimum Gasteiger partial charge on any atom is -0.348 e. The van der Waals surface area contributed by atoms with Crippen LogP contribution in [0.5, 0.6) is 0 Å². The maximum absolute atomic E-state index is 13.6. The van der Waals surface area contributed by atoms with Gasteiger partial charge in [-0.25, -0.2) is 13.4 Å². The molecule has 1 N–H and O–H groups in total. The van der Waals surface area contributed by atoms with Gasteiger partial charge in [-0.05, 0) is 55.5 Å². The molecule has 1 unspecified atom stereocenters. The molecule has 1 aliphatic rings. The van der Waals surface area contributed by atoms with Gasteiger partial charge in [0.05, 0.1) is 16.3 Å². The van der Waals surface area contributed by atoms with E-state index < -0.39 is 33.9 Å². The Morgan fingerprint density at radius 3 is 2.45 bits per heavy atom. The predicted molar refractivity (Wildman–Crippen MR) is 135 cm³/mol. The zero-order chi connectivity index (χ0) is 27.7. The molecule has 2 aromatic heterocycles. The van der Waals surface area contributed by atoms with Crippen LogP contribution in [-0.4, -0.2) is 59.0 Å². The normalized spacial score (nSPS) is 16.6. The number of aromatic nitrogens is 2. The highest BCUT2D eigenvalue weighted by atomic mass is 32.2. The van der Waals surface area contributed by atoms with Gasteiger partial charge in [0.2, 0.25) is 0 Å². The number of aryl methyl sites for hydroxylation is 1. The van der Waals surface area contributed by atoms with Gasteiger partial charge < -0.3 is 14.6 Å². The molecule has 0 saturated carbocycles. The summed E-state index contributed by atoms with van der Waals surface area (Å²) in [5.41, 5.74) is 1.69. The predicted octanol–water partition coefficient (Wildman–Crippen LogP) is 4.18. The first kappa shape index (κ1) is 27.6. The number of benzene rings is 1. The molecule has 1 saturated heterocycles. The maximum Gasteiger partial charge on any atom is 0.408 e. The first-order valence-corrected chi connectivity index (χ1v) is 14.1. The van der Waals surface area contributed by atoms with Crippen molar-refractivity contribution in [2.45, 2.75) is 63.2 Å². The van der Waals surface area contributed by atoms with Crippen LogP contribution in [0.2, 0.25) is 0 Å². The van der Waals surface area contributed by atoms with Gasteiger partial charge in [-0.3, -0.25) is 9.59 Å². The van der Waals surface area contributed by atoms with Crippen molar-refractivity contribution in [1.82, 2.24) is 19.6 Å². The molecule has 204 valence electrons. The fraction of sp³-hybridized carbons (Fsp3) is 0.423. The summed E-state index contributed by atoms with van der Waals surface area (Å²) in [6, 6.07) is 7.44. The molecule has 0 spiro atoms. The van der Waals surface area contributed by atoms with E-state index >= 15 is 0 Å². The van der Waals surface area contributed by atoms with E-state index in [4.69, 9.17) is 0 Å². The van der Waals surface area contributed by atoms with Crippen molar-refractivity contribution in [3.63, 3.8) is 0 Å². The number of imidazole rings is 1. The summed E-state index contributed by atoms with van der Waals surface area (Å²) in [5, 5.41) is 2.76. The summed E-state index contributed by atoms with van der Waals surface area (Å²) in [6.45, 7) is 3.52. The van der Waals surface area contributed by atoms with Crippen molar-refractivity contribution >= 4 is 27.3 Å². The van der Waals surface area contributed by atoms with Crippen molar-refractivity contribution < 1.29 is 31.2 Å². The second-order valence-corrected chi connectivity index (χ2v) is 11.5. The lowest BCUT2D eigenvalue weighted by molar-refractivity contribution is -0.183. The summed E-state index contributed by atoms with van der Waals surface area (Å²) in [5.74, 6) is -1.18. The van der Waals surface area contributed by atoms with Crippen LogP contribution in [0.25, 0.3) is 5.65 Å². The lowest BCUT2D eigenvalue weighted by Gasteiger charge is -2.36. The van der Waals surface area contributed by atoms with Gasteiger partial charge in [-0.2, -0.15) is 13.2 Å². The van der Waals surface area contributed by atoms with Gasteiger partial charge in [0.25, 0.3) is 11.8 Å². The highest BCUT2D eigenvalue weighted by Crippen LogP contribution is 2.33. The molecule has 1 fully saturated rings. The lowest BCUT2D eigenvalue weighted by Crippen LogP contribution is -2.51. The van der Waals surface area contributed by atoms with E-state index in [1.165, 1.54) is 18.2 Å². The van der Waals surface area contributed by atoms with E-state index in [0.717, 1.165) is 4.90 Å². The number of pyridine rings is 1. The van der Waals surface area contributed by atoms with Crippen molar-refractivity contribution in [3.05, 3.63) is 65.1 Å². The molecule has 1 atom stereocenters. The Morgan fingerprint density at radius 1 is 1.11 bits per heavy atom. The Balaban J connectivity index is 1.54. The standard InChI is InChI=1S/C26H29F3N4O4S/c1-3-20-23(25(35)33-13-6-5-7-21(33)26(27,28)29)31-22-15-18(12-14-32(20)22)24(34)30-16-17-8-10-19(11-9-17)38(36,37)4-2/h8-12,14-15,21H,3-7,13,16H2,1-2H3,(H,30,34). The third kappa shape index (κ3) is 5.54. The molecule has 4 rings (SSSR count). The van der Waals surface area contributed by atoms with Gasteiger partial charge in [0.1, 0.15) is 11.7 Å². The molecule has 0 radical (unpaired) electrons. The fourth-order valence-electron chi connectivity index (χ4n) is 4.66. The smallest absolute Gasteiger partial charge is 0.348 e. The third-order valence-corrected chi connectivity index (χ3v) is 8.53. The van der Waals surface area contributed by atoms with Crippen LogP contribution < -0.4 is 5.32 Å². The van der Waals surface area contributed by atoms with Crippen LogP contribution in [0, 0.1) is 0 Å². The Labute approximate surface area is 218 Å². The van der Waals surface area contributed by atoms with Gasteiger partial charge in [-0.1, -0.05) is 26.0 Å². The van der Waals surface area contributed by atoms with Gasteiger partial charge in [0.15, 0.2) is 15.5 Å². The molecular formula is C26H29F3N4O4S. The summed E-state index contributed by atoms with van der Waals surface area (Å²) < 4.78 is 66.3. The molecule has 3 aromatic rings. The molecule has 0 aliphatic carbocycles. The molecule has 8 nitrogen and oxygen atoms in total. The number of likely N-dealkylation sites (tertiary alicyclic amines) is 1. The number of nitrogens with one attached hydrogen (secondary N) is 1. The topological polar surface area (TPSA) is 101 Å². The molecular weight excluding hydrogens is 521 g/mol. The molecule has 3 heterocycles. The van der Waals surface area contributed by atoms with E-state index in [2.05, 4.69) is 10.3 Å². The van der Waals surface area contributed by atoms with Crippen molar-refractivity contribution in [3.8, 4) is 0 Å². The van der Waals surface area contributed by atoms with Crippen LogP contribution in [0.1, 0.15) is 65.2 Å². The third-order valence-electron chi connectivity index (χ3n) is 6.78. The van der Waals surface area contributed by atoms with Crippen LogP contribution in [-0.2, 0) is 22.8 Å². The number of carbonyl (C=O) groups is 2. The monoisotopic (exact) mass is 550 g/mol. The Bertz CT molecular complexity index is 1450. The van der Waals surface area contributed by atoms with Crippen LogP contribution in [0.3, 0.4) is 0 Å². The number of alkyl halides is 3. The van der Waals surface area contributed by atoms with E-state index in [-0.39, 0.29) is 47.1 Å². The summed E-state index contributed by atoms with van der Waals surface area (Å²) >= 11 is 0. The molecule has 12 heteroatoms. The molecule has 38 heavy (non-hydrogen) atoms. The molecule has 1 aromatic carbocycles. The fourth-order valence-corrected chi connectivity index (χ4v) is 5.55. The molecule has 0 bridgehead atoms. The summed E-state index contributed by atoms with van der Waals surface area (Å²) in [7, 11) is -3.32. The van der Waals surface area contributed by atoms with Crippen molar-refractivity contribution in [2.75, 3.05) is 12.3 Å². The second kappa shape index (κ2) is 10.8. The summed E-state index contributed by atoms with van der Waals surface area (Å²) in [6.07, 6.45) is -1.81. The van der Waals surface area contributed by atoms with Crippen molar-refractivity contribution in [1.29, 1.82) is 0 Å². The van der Waals surface area contributed by atoms with E-state index in [0.29, 0.717) is 30.5 Å². The molecule has 1 aliphatic heterocycles. The zero-order valence-corrected chi connectivity index (χ0v) is 21.9. The first-order valence-electron chi connectivity index (χ1n) is 12.4. The number of fused-ring (bicyclic) bond motifs is 1. The number of carbonyl (C=O) groups excluding carboxylic acids is 2. The lowest BCUT2D eigenvalue weighted by atomic mass is 10.0. The van der Waals surface area contributed by atoms with Crippen LogP contribution in [0.4, 0.5) is 13.2 Å². The zero-order valence-electron chi connectivity index (χ0n) is 21.1. The van der Waals surface area contributed by atoms with E-state index in [9.17, 15) is 31.2 Å². The van der Waals surface area contributed by atoms with E-state index in [1.807, 2.05) is 0 Å². The SMILES string of the molecule is CCc1c(C(=O)N2CCCCC2C(F)(F)F)nc2cc(C(=O)NCc3ccc(S(=O)(=O)CC)cc3)ccn12. The van der Waals surface area contributed by atoms with Crippen molar-refractivity contribution in [2.24, 2.45) is 0 Å². The second-order valence-electron chi connectivity index (χ2n) is 9.19. The number of nitrogens with zero attached hydrogens (tertiary/aromatic N) is 3. The van der Waals surface area contributed by atoms with Crippen LogP contribution >= 0.6 is 0 Å². The van der Waals surface area contributed by atoms with Gasteiger partial charge in [-0.15, -0.1) is 0 Å². The largest absolute Gasteiger partial charge is 0.408 e. The number of halogens is 3. The highest BCUT2D eigenvalue weighted by Gasteiger charge is 2.47. The number of hydrogen-bond acceptors (Lipinski definition) is 5. The van der Waals surface area contributed by atoms with Gasteiger partial charge >= 0.3 is 6.18 Å². The quantitative estimate of drug-likeness (QED) is 0.476. The number of amides is 2. The average Bonchev–Trinajstić information content (AvgIpc) is 3.29. The Kier molecular flexibility index (Phi) is 7.82. The summed E-state index contributed by atoms with van der Waals surface area (Å²) in [4.78, 5) is 31.4. The van der Waals surface area contributed by atoms with E-state index in [1.54, 1.807) is 42.6 Å². The van der Waals surface area contributed by atoms with Crippen LogP contribution in [0.15, 0.2) is 47.5 Å². The molecule has 2 amide bonds. The maximum atomic E-state index is 13.6. The minimum atomic E-state index is -4.52. The number of sulfone groups is 1. The average molecular weight is 551 g/mol. The first-order chi connectivity index (χ1) is 18.0. The minimum absolute atomic E-state index is 0.00662. The number of piperidine rings is 1.